The van der Waals surface area contributed by atoms with Crippen LogP contribution in [0.25, 0.3) is 0 Å². The minimum absolute atomic E-state index is 0.103. The Kier molecular flexibility index (Phi) is 20.1. The third-order valence-electron chi connectivity index (χ3n) is 5.58. The lowest BCUT2D eigenvalue weighted by molar-refractivity contribution is 0.147. The molecule has 0 aromatic carbocycles. The highest BCUT2D eigenvalue weighted by Crippen LogP contribution is 2.15. The molecule has 1 unspecified atom stereocenters. The molecule has 0 heterocycles. The van der Waals surface area contributed by atoms with E-state index in [0.717, 1.165) is 38.5 Å². The predicted molar refractivity (Wildman–Crippen MR) is 120 cm³/mol. The molecule has 0 saturated heterocycles. The minimum Gasteiger partial charge on any atom is -0.393 e. The van der Waals surface area contributed by atoms with Crippen LogP contribution in [-0.4, -0.2) is 29.9 Å². The van der Waals surface area contributed by atoms with Crippen LogP contribution in [0.4, 0.5) is 0 Å². The first-order valence-corrected chi connectivity index (χ1v) is 13.7. The maximum atomic E-state index is 10.6. The van der Waals surface area contributed by atoms with E-state index in [4.69, 9.17) is 4.55 Å². The van der Waals surface area contributed by atoms with Gasteiger partial charge in [0.15, 0.2) is 0 Å². The van der Waals surface area contributed by atoms with Crippen LogP contribution in [-0.2, 0) is 10.1 Å². The van der Waals surface area contributed by atoms with Gasteiger partial charge in [-0.05, 0) is 19.3 Å². The van der Waals surface area contributed by atoms with Gasteiger partial charge < -0.3 is 5.11 Å². The Labute approximate surface area is 175 Å². The van der Waals surface area contributed by atoms with Crippen molar-refractivity contribution in [2.75, 3.05) is 5.75 Å². The molecule has 0 radical (unpaired) electrons. The smallest absolute Gasteiger partial charge is 0.264 e. The zero-order chi connectivity index (χ0) is 20.9. The average Bonchev–Trinajstić information content (AvgIpc) is 2.64. The summed E-state index contributed by atoms with van der Waals surface area (Å²) in [7, 11) is -3.77. The molecule has 0 spiro atoms. The Balaban J connectivity index is 3.19. The molecule has 4 nitrogen and oxygen atoms in total. The first kappa shape index (κ1) is 27.9. The molecular weight excluding hydrogens is 372 g/mol. The van der Waals surface area contributed by atoms with E-state index in [-0.39, 0.29) is 11.9 Å². The number of aliphatic hydroxyl groups is 1. The molecule has 0 aromatic heterocycles. The maximum Gasteiger partial charge on any atom is 0.264 e. The summed E-state index contributed by atoms with van der Waals surface area (Å²) in [5.74, 6) is -0.103. The Morgan fingerprint density at radius 2 is 0.893 bits per heavy atom. The van der Waals surface area contributed by atoms with Crippen molar-refractivity contribution in [2.45, 2.75) is 141 Å². The van der Waals surface area contributed by atoms with Crippen molar-refractivity contribution in [1.82, 2.24) is 0 Å². The van der Waals surface area contributed by atoms with Gasteiger partial charge in [0.2, 0.25) is 0 Å². The molecule has 5 heteroatoms. The molecule has 0 aliphatic heterocycles. The van der Waals surface area contributed by atoms with Gasteiger partial charge in [-0.2, -0.15) is 8.42 Å². The lowest BCUT2D eigenvalue weighted by atomic mass is 10.0. The summed E-state index contributed by atoms with van der Waals surface area (Å²) in [6.07, 6.45) is 23.5. The number of hydrogen-bond acceptors (Lipinski definition) is 3. The SMILES string of the molecule is CCCCCCCCCCCC(O)CCCCCCCCCCCS(=O)(=O)O. The van der Waals surface area contributed by atoms with E-state index in [1.807, 2.05) is 0 Å². The minimum atomic E-state index is -3.77. The quantitative estimate of drug-likeness (QED) is 0.145. The van der Waals surface area contributed by atoms with Gasteiger partial charge in [-0.3, -0.25) is 4.55 Å². The number of hydrogen-bond donors (Lipinski definition) is 2. The molecule has 0 bridgehead atoms. The summed E-state index contributed by atoms with van der Waals surface area (Å²) in [5, 5.41) is 10.1. The first-order chi connectivity index (χ1) is 13.5. The van der Waals surface area contributed by atoms with Crippen molar-refractivity contribution in [3.8, 4) is 0 Å². The molecular formula is C23H48O4S. The largest absolute Gasteiger partial charge is 0.393 e. The molecule has 28 heavy (non-hydrogen) atoms. The fraction of sp³-hybridized carbons (Fsp3) is 1.00. The normalized spacial score (nSPS) is 13.1. The molecule has 1 atom stereocenters. The lowest BCUT2D eigenvalue weighted by Crippen LogP contribution is -2.05. The third kappa shape index (κ3) is 23.9. The van der Waals surface area contributed by atoms with E-state index in [0.29, 0.717) is 6.42 Å². The van der Waals surface area contributed by atoms with Crippen LogP contribution in [0.1, 0.15) is 135 Å². The summed E-state index contributed by atoms with van der Waals surface area (Å²) in [5.41, 5.74) is 0. The number of unbranched alkanes of at least 4 members (excludes halogenated alkanes) is 16. The van der Waals surface area contributed by atoms with Crippen molar-refractivity contribution in [3.63, 3.8) is 0 Å². The van der Waals surface area contributed by atoms with E-state index in [1.54, 1.807) is 0 Å². The van der Waals surface area contributed by atoms with E-state index < -0.39 is 10.1 Å². The molecule has 0 aliphatic carbocycles. The molecule has 2 N–H and O–H groups in total. The molecule has 0 saturated carbocycles. The zero-order valence-corrected chi connectivity index (χ0v) is 19.4. The van der Waals surface area contributed by atoms with Crippen molar-refractivity contribution in [3.05, 3.63) is 0 Å². The standard InChI is InChI=1S/C23H48O4S/c1-2-3-4-5-6-8-11-14-17-20-23(24)21-18-15-12-9-7-10-13-16-19-22-28(25,26)27/h23-24H,2-22H2,1H3,(H,25,26,27). The summed E-state index contributed by atoms with van der Waals surface area (Å²) >= 11 is 0. The van der Waals surface area contributed by atoms with Crippen molar-refractivity contribution in [2.24, 2.45) is 0 Å². The molecule has 0 amide bonds. The Bertz CT molecular complexity index is 409. The monoisotopic (exact) mass is 420 g/mol. The van der Waals surface area contributed by atoms with E-state index in [9.17, 15) is 13.5 Å². The number of rotatable bonds is 22. The van der Waals surface area contributed by atoms with Gasteiger partial charge in [0.05, 0.1) is 11.9 Å². The van der Waals surface area contributed by atoms with Gasteiger partial charge in [0.25, 0.3) is 10.1 Å². The Morgan fingerprint density at radius 3 is 1.25 bits per heavy atom. The first-order valence-electron chi connectivity index (χ1n) is 12.1. The van der Waals surface area contributed by atoms with Crippen LogP contribution in [0.3, 0.4) is 0 Å². The molecule has 170 valence electrons. The summed E-state index contributed by atoms with van der Waals surface area (Å²) in [6, 6.07) is 0. The van der Waals surface area contributed by atoms with E-state index >= 15 is 0 Å². The van der Waals surface area contributed by atoms with Crippen LogP contribution in [0.5, 0.6) is 0 Å². The van der Waals surface area contributed by atoms with Gasteiger partial charge in [0.1, 0.15) is 0 Å². The highest BCUT2D eigenvalue weighted by molar-refractivity contribution is 7.85. The molecule has 0 aromatic rings. The van der Waals surface area contributed by atoms with Crippen molar-refractivity contribution < 1.29 is 18.1 Å². The fourth-order valence-electron chi connectivity index (χ4n) is 3.74. The van der Waals surface area contributed by atoms with Crippen LogP contribution in [0.15, 0.2) is 0 Å². The summed E-state index contributed by atoms with van der Waals surface area (Å²) in [6.45, 7) is 2.26. The highest BCUT2D eigenvalue weighted by atomic mass is 32.2. The van der Waals surface area contributed by atoms with Crippen LogP contribution < -0.4 is 0 Å². The van der Waals surface area contributed by atoms with Crippen molar-refractivity contribution in [1.29, 1.82) is 0 Å². The topological polar surface area (TPSA) is 74.6 Å². The number of aliphatic hydroxyl groups excluding tert-OH is 1. The van der Waals surface area contributed by atoms with E-state index in [1.165, 1.54) is 83.5 Å². The van der Waals surface area contributed by atoms with Crippen LogP contribution in [0.2, 0.25) is 0 Å². The molecule has 0 rings (SSSR count). The average molecular weight is 421 g/mol. The van der Waals surface area contributed by atoms with Gasteiger partial charge >= 0.3 is 0 Å². The van der Waals surface area contributed by atoms with Gasteiger partial charge in [-0.15, -0.1) is 0 Å². The Hall–Kier alpha value is -0.130. The van der Waals surface area contributed by atoms with Gasteiger partial charge in [-0.1, -0.05) is 116 Å². The second-order valence-electron chi connectivity index (χ2n) is 8.53. The second-order valence-corrected chi connectivity index (χ2v) is 10.1. The van der Waals surface area contributed by atoms with Crippen LogP contribution in [0, 0.1) is 0 Å². The van der Waals surface area contributed by atoms with Crippen LogP contribution >= 0.6 is 0 Å². The highest BCUT2D eigenvalue weighted by Gasteiger charge is 2.04. The fourth-order valence-corrected chi connectivity index (χ4v) is 4.31. The maximum absolute atomic E-state index is 10.6. The summed E-state index contributed by atoms with van der Waals surface area (Å²) < 4.78 is 29.8. The van der Waals surface area contributed by atoms with Gasteiger partial charge in [0, 0.05) is 0 Å². The predicted octanol–water partition coefficient (Wildman–Crippen LogP) is 7.06. The van der Waals surface area contributed by atoms with Gasteiger partial charge in [-0.25, -0.2) is 0 Å². The molecule has 0 aliphatic rings. The molecule has 0 fully saturated rings. The lowest BCUT2D eigenvalue weighted by Gasteiger charge is -2.10. The second kappa shape index (κ2) is 20.2. The zero-order valence-electron chi connectivity index (χ0n) is 18.5. The Morgan fingerprint density at radius 1 is 0.571 bits per heavy atom. The van der Waals surface area contributed by atoms with E-state index in [2.05, 4.69) is 6.92 Å². The third-order valence-corrected chi connectivity index (χ3v) is 6.39. The summed E-state index contributed by atoms with van der Waals surface area (Å²) in [4.78, 5) is 0. The van der Waals surface area contributed by atoms with Crippen molar-refractivity contribution >= 4 is 10.1 Å².